The highest BCUT2D eigenvalue weighted by molar-refractivity contribution is 5.32. The third-order valence-corrected chi connectivity index (χ3v) is 4.49. The Kier molecular flexibility index (Phi) is 8.82. The molecule has 8 heteroatoms. The maximum atomic E-state index is 10.4. The summed E-state index contributed by atoms with van der Waals surface area (Å²) >= 11 is 0. The average molecular weight is 387 g/mol. The second kappa shape index (κ2) is 10.6. The molecule has 156 valence electrons. The monoisotopic (exact) mass is 387 g/mol. The second-order valence-corrected chi connectivity index (χ2v) is 8.15. The minimum atomic E-state index is -0.521. The van der Waals surface area contributed by atoms with Gasteiger partial charge in [-0.1, -0.05) is 0 Å². The number of hydrogen-bond acceptors (Lipinski definition) is 8. The van der Waals surface area contributed by atoms with E-state index in [1.54, 1.807) is 6.08 Å². The Hall–Kier alpha value is -0.860. The zero-order valence-electron chi connectivity index (χ0n) is 16.9. The van der Waals surface area contributed by atoms with Crippen molar-refractivity contribution in [1.29, 1.82) is 0 Å². The van der Waals surface area contributed by atoms with Crippen LogP contribution in [0.4, 0.5) is 0 Å². The van der Waals surface area contributed by atoms with Gasteiger partial charge in [0.1, 0.15) is 0 Å². The van der Waals surface area contributed by atoms with Crippen molar-refractivity contribution >= 4 is 6.08 Å². The molecule has 0 unspecified atom stereocenters. The summed E-state index contributed by atoms with van der Waals surface area (Å²) in [6.07, 6.45) is 1.58. The van der Waals surface area contributed by atoms with E-state index in [-0.39, 0.29) is 17.8 Å². The van der Waals surface area contributed by atoms with Crippen LogP contribution in [0.1, 0.15) is 27.7 Å². The Bertz CT molecular complexity index is 436. The molecule has 0 radical (unpaired) electrons. The van der Waals surface area contributed by atoms with Crippen molar-refractivity contribution in [2.75, 3.05) is 59.4 Å². The van der Waals surface area contributed by atoms with Crippen molar-refractivity contribution in [3.8, 4) is 0 Å². The standard InChI is InChI=1S/C19H33NO7/c1-18(2)24-10-16(11-25-18)8-22-6-15(5-20-14-21)7-23-9-17-12-26-19(3,4)27-13-17/h15-17H,5-13H2,1-4H3. The molecule has 0 saturated carbocycles. The van der Waals surface area contributed by atoms with Gasteiger partial charge >= 0.3 is 0 Å². The Morgan fingerprint density at radius 3 is 1.67 bits per heavy atom. The summed E-state index contributed by atoms with van der Waals surface area (Å²) in [5, 5.41) is 0. The Labute approximate surface area is 161 Å². The molecular formula is C19H33NO7. The molecule has 27 heavy (non-hydrogen) atoms. The van der Waals surface area contributed by atoms with Crippen LogP contribution in [0.15, 0.2) is 4.99 Å². The maximum absolute atomic E-state index is 10.4. The van der Waals surface area contributed by atoms with Gasteiger partial charge in [0.25, 0.3) is 0 Å². The molecule has 2 rings (SSSR count). The normalized spacial score (nSPS) is 23.3. The average Bonchev–Trinajstić information content (AvgIpc) is 2.62. The second-order valence-electron chi connectivity index (χ2n) is 8.15. The van der Waals surface area contributed by atoms with Crippen molar-refractivity contribution in [2.45, 2.75) is 39.3 Å². The number of isocyanates is 1. The number of rotatable bonds is 10. The van der Waals surface area contributed by atoms with Gasteiger partial charge in [-0.15, -0.1) is 0 Å². The fourth-order valence-corrected chi connectivity index (χ4v) is 2.77. The minimum Gasteiger partial charge on any atom is -0.381 e. The van der Waals surface area contributed by atoms with Crippen LogP contribution in [-0.2, 0) is 33.2 Å². The van der Waals surface area contributed by atoms with Gasteiger partial charge in [0.05, 0.1) is 59.4 Å². The molecule has 0 aromatic rings. The first-order valence-electron chi connectivity index (χ1n) is 9.54. The molecule has 8 nitrogen and oxygen atoms in total. The van der Waals surface area contributed by atoms with Crippen LogP contribution in [-0.4, -0.2) is 77.1 Å². The van der Waals surface area contributed by atoms with Crippen molar-refractivity contribution < 1.29 is 33.2 Å². The van der Waals surface area contributed by atoms with E-state index in [9.17, 15) is 4.79 Å². The van der Waals surface area contributed by atoms with E-state index in [2.05, 4.69) is 4.99 Å². The number of carbonyl (C=O) groups excluding carboxylic acids is 1. The van der Waals surface area contributed by atoms with Crippen molar-refractivity contribution in [2.24, 2.45) is 22.7 Å². The van der Waals surface area contributed by atoms with E-state index in [1.807, 2.05) is 27.7 Å². The van der Waals surface area contributed by atoms with E-state index in [0.717, 1.165) is 0 Å². The highest BCUT2D eigenvalue weighted by atomic mass is 16.7. The Morgan fingerprint density at radius 2 is 1.30 bits per heavy atom. The molecule has 0 aliphatic carbocycles. The summed E-state index contributed by atoms with van der Waals surface area (Å²) in [6.45, 7) is 12.4. The summed E-state index contributed by atoms with van der Waals surface area (Å²) < 4.78 is 34.1. The lowest BCUT2D eigenvalue weighted by molar-refractivity contribution is -0.267. The zero-order valence-corrected chi connectivity index (χ0v) is 16.9. The zero-order chi connectivity index (χ0) is 19.8. The number of ether oxygens (including phenoxy) is 6. The van der Waals surface area contributed by atoms with E-state index in [0.29, 0.717) is 59.4 Å². The van der Waals surface area contributed by atoms with E-state index in [1.165, 1.54) is 0 Å². The summed E-state index contributed by atoms with van der Waals surface area (Å²) in [4.78, 5) is 14.1. The third-order valence-electron chi connectivity index (χ3n) is 4.49. The Balaban J connectivity index is 1.63. The number of aliphatic imine (C=N–C) groups is 1. The number of hydrogen-bond donors (Lipinski definition) is 0. The minimum absolute atomic E-state index is 0.00446. The fraction of sp³-hybridized carbons (Fsp3) is 0.947. The van der Waals surface area contributed by atoms with Gasteiger partial charge in [0, 0.05) is 17.8 Å². The van der Waals surface area contributed by atoms with Gasteiger partial charge in [-0.25, -0.2) is 9.79 Å². The molecular weight excluding hydrogens is 354 g/mol. The SMILES string of the molecule is CC1(C)OCC(COCC(CN=C=O)COCC2COC(C)(C)OC2)CO1. The molecule has 0 N–H and O–H groups in total. The topological polar surface area (TPSA) is 84.8 Å². The first kappa shape index (κ1) is 22.4. The summed E-state index contributed by atoms with van der Waals surface area (Å²) in [5.41, 5.74) is 0. The van der Waals surface area contributed by atoms with Crippen LogP contribution in [0.25, 0.3) is 0 Å². The van der Waals surface area contributed by atoms with Crippen molar-refractivity contribution in [3.63, 3.8) is 0 Å². The van der Waals surface area contributed by atoms with Gasteiger partial charge in [-0.05, 0) is 27.7 Å². The first-order valence-corrected chi connectivity index (χ1v) is 9.54. The third kappa shape index (κ3) is 8.79. The summed E-state index contributed by atoms with van der Waals surface area (Å²) in [6, 6.07) is 0. The predicted molar refractivity (Wildman–Crippen MR) is 97.1 cm³/mol. The van der Waals surface area contributed by atoms with Crippen LogP contribution in [0.2, 0.25) is 0 Å². The van der Waals surface area contributed by atoms with E-state index >= 15 is 0 Å². The molecule has 0 aromatic carbocycles. The summed E-state index contributed by atoms with van der Waals surface area (Å²) in [7, 11) is 0. The first-order chi connectivity index (χ1) is 12.8. The van der Waals surface area contributed by atoms with Gasteiger partial charge in [-0.3, -0.25) is 0 Å². The molecule has 0 spiro atoms. The van der Waals surface area contributed by atoms with Crippen LogP contribution in [0.3, 0.4) is 0 Å². The molecule has 2 aliphatic heterocycles. The fourth-order valence-electron chi connectivity index (χ4n) is 2.77. The highest BCUT2D eigenvalue weighted by Crippen LogP contribution is 2.22. The van der Waals surface area contributed by atoms with Crippen molar-refractivity contribution in [1.82, 2.24) is 0 Å². The lowest BCUT2D eigenvalue weighted by Crippen LogP contribution is -2.41. The molecule has 2 saturated heterocycles. The van der Waals surface area contributed by atoms with E-state index in [4.69, 9.17) is 28.4 Å². The van der Waals surface area contributed by atoms with Gasteiger partial charge in [-0.2, -0.15) is 0 Å². The molecule has 2 heterocycles. The summed E-state index contributed by atoms with van der Waals surface area (Å²) in [5.74, 6) is -0.640. The highest BCUT2D eigenvalue weighted by Gasteiger charge is 2.29. The molecule has 0 bridgehead atoms. The molecule has 0 aromatic heterocycles. The molecule has 0 atom stereocenters. The Morgan fingerprint density at radius 1 is 0.889 bits per heavy atom. The largest absolute Gasteiger partial charge is 0.381 e. The predicted octanol–water partition coefficient (Wildman–Crippen LogP) is 1.77. The van der Waals surface area contributed by atoms with E-state index < -0.39 is 11.6 Å². The lowest BCUT2D eigenvalue weighted by Gasteiger charge is -2.35. The molecule has 0 amide bonds. The molecule has 2 aliphatic rings. The van der Waals surface area contributed by atoms with Crippen LogP contribution in [0.5, 0.6) is 0 Å². The van der Waals surface area contributed by atoms with Crippen LogP contribution >= 0.6 is 0 Å². The lowest BCUT2D eigenvalue weighted by atomic mass is 10.1. The number of nitrogens with zero attached hydrogens (tertiary/aromatic N) is 1. The van der Waals surface area contributed by atoms with Crippen molar-refractivity contribution in [3.05, 3.63) is 0 Å². The van der Waals surface area contributed by atoms with Crippen LogP contribution < -0.4 is 0 Å². The maximum Gasteiger partial charge on any atom is 0.234 e. The van der Waals surface area contributed by atoms with Gasteiger partial charge in [0.15, 0.2) is 11.6 Å². The molecule has 2 fully saturated rings. The van der Waals surface area contributed by atoms with Gasteiger partial charge in [0.2, 0.25) is 6.08 Å². The quantitative estimate of drug-likeness (QED) is 0.417. The van der Waals surface area contributed by atoms with Crippen LogP contribution in [0, 0.1) is 17.8 Å². The van der Waals surface area contributed by atoms with Gasteiger partial charge < -0.3 is 28.4 Å². The smallest absolute Gasteiger partial charge is 0.234 e.